The second-order valence-electron chi connectivity index (χ2n) is 8.89. The molecule has 36 heavy (non-hydrogen) atoms. The highest BCUT2D eigenvalue weighted by Gasteiger charge is 2.20. The highest BCUT2D eigenvalue weighted by atomic mass is 16.5. The maximum atomic E-state index is 12.1. The van der Waals surface area contributed by atoms with Crippen LogP contribution in [0.25, 0.3) is 0 Å². The number of rotatable bonds is 11. The maximum Gasteiger partial charge on any atom is 0.226 e. The Morgan fingerprint density at radius 2 is 1.69 bits per heavy atom. The van der Waals surface area contributed by atoms with Gasteiger partial charge in [-0.3, -0.25) is 9.69 Å². The van der Waals surface area contributed by atoms with E-state index in [1.165, 1.54) is 5.56 Å². The van der Waals surface area contributed by atoms with Crippen LogP contribution in [0.3, 0.4) is 0 Å². The monoisotopic (exact) mass is 489 g/mol. The van der Waals surface area contributed by atoms with Gasteiger partial charge in [0, 0.05) is 58.2 Å². The molecule has 1 aliphatic heterocycles. The predicted molar refractivity (Wildman–Crippen MR) is 141 cm³/mol. The number of anilines is 2. The van der Waals surface area contributed by atoms with Gasteiger partial charge in [-0.2, -0.15) is 9.97 Å². The molecule has 1 fully saturated rings. The third kappa shape index (κ3) is 7.02. The van der Waals surface area contributed by atoms with Crippen LogP contribution < -0.4 is 15.4 Å². The average Bonchev–Trinajstić information content (AvgIpc) is 2.90. The minimum atomic E-state index is -0.413. The number of nitrogens with two attached hydrogens (primary N) is 1. The number of hydrogen-bond donors (Lipinski definition) is 1. The topological polar surface area (TPSA) is 93.8 Å². The number of Topliss-reactive ketones (excluding diaryl/α,β-unsaturated/α-hetero) is 1. The summed E-state index contributed by atoms with van der Waals surface area (Å²) in [7, 11) is 0. The molecule has 3 aromatic rings. The quantitative estimate of drug-likeness (QED) is 0.430. The van der Waals surface area contributed by atoms with Crippen LogP contribution >= 0.6 is 0 Å². The van der Waals surface area contributed by atoms with Crippen molar-refractivity contribution in [1.29, 1.82) is 0 Å². The summed E-state index contributed by atoms with van der Waals surface area (Å²) >= 11 is 0. The zero-order chi connectivity index (χ0) is 25.3. The number of piperazine rings is 1. The van der Waals surface area contributed by atoms with Crippen LogP contribution in [0.1, 0.15) is 31.4 Å². The largest absolute Gasteiger partial charge is 0.439 e. The van der Waals surface area contributed by atoms with E-state index in [0.717, 1.165) is 44.1 Å². The van der Waals surface area contributed by atoms with Gasteiger partial charge >= 0.3 is 0 Å². The van der Waals surface area contributed by atoms with Crippen LogP contribution in [0.2, 0.25) is 0 Å². The van der Waals surface area contributed by atoms with E-state index >= 15 is 0 Å². The number of nitrogens with zero attached hydrogens (tertiary/aromatic N) is 4. The number of hydrogen-bond acceptors (Lipinski definition) is 8. The fourth-order valence-corrected chi connectivity index (χ4v) is 4.34. The van der Waals surface area contributed by atoms with Gasteiger partial charge in [0.2, 0.25) is 11.8 Å². The van der Waals surface area contributed by atoms with Crippen molar-refractivity contribution < 1.29 is 14.3 Å². The molecule has 190 valence electrons. The Labute approximate surface area is 213 Å². The van der Waals surface area contributed by atoms with Gasteiger partial charge in [-0.15, -0.1) is 0 Å². The van der Waals surface area contributed by atoms with Crippen molar-refractivity contribution in [1.82, 2.24) is 14.9 Å². The Kier molecular flexibility index (Phi) is 8.86. The van der Waals surface area contributed by atoms with E-state index in [4.69, 9.17) is 15.2 Å². The second kappa shape index (κ2) is 12.5. The summed E-state index contributed by atoms with van der Waals surface area (Å²) in [5.74, 6) is 2.12. The second-order valence-corrected chi connectivity index (χ2v) is 8.89. The molecule has 2 heterocycles. The Hall–Kier alpha value is -3.49. The molecule has 1 aromatic heterocycles. The number of ether oxygens (including phenoxy) is 2. The molecule has 1 saturated heterocycles. The molecule has 0 amide bonds. The van der Waals surface area contributed by atoms with E-state index in [1.54, 1.807) is 0 Å². The summed E-state index contributed by atoms with van der Waals surface area (Å²) in [6.45, 7) is 8.82. The van der Waals surface area contributed by atoms with Crippen LogP contribution in [0.15, 0.2) is 60.7 Å². The number of ketones is 1. The predicted octanol–water partition coefficient (Wildman–Crippen LogP) is 4.10. The summed E-state index contributed by atoms with van der Waals surface area (Å²) in [4.78, 5) is 25.5. The SMILES string of the molecule is CCOC(Cc1ccc(Oc2cc(N3CCN(Cc4ccccc4)CC3)nc(N)n2)cc1)C(=O)CC. The Balaban J connectivity index is 1.36. The van der Waals surface area contributed by atoms with E-state index in [-0.39, 0.29) is 11.7 Å². The zero-order valence-electron chi connectivity index (χ0n) is 21.1. The molecule has 2 aromatic carbocycles. The van der Waals surface area contributed by atoms with Gasteiger partial charge in [0.15, 0.2) is 5.78 Å². The summed E-state index contributed by atoms with van der Waals surface area (Å²) in [6.07, 6.45) is 0.594. The lowest BCUT2D eigenvalue weighted by Crippen LogP contribution is -2.46. The summed E-state index contributed by atoms with van der Waals surface area (Å²) in [5, 5.41) is 0. The molecule has 2 N–H and O–H groups in total. The molecule has 4 rings (SSSR count). The molecule has 8 heteroatoms. The minimum absolute atomic E-state index is 0.113. The van der Waals surface area contributed by atoms with Crippen molar-refractivity contribution in [2.75, 3.05) is 43.4 Å². The lowest BCUT2D eigenvalue weighted by Gasteiger charge is -2.35. The van der Waals surface area contributed by atoms with Gasteiger partial charge in [0.05, 0.1) is 0 Å². The van der Waals surface area contributed by atoms with Gasteiger partial charge in [-0.05, 0) is 30.2 Å². The van der Waals surface area contributed by atoms with E-state index in [9.17, 15) is 4.79 Å². The first-order valence-corrected chi connectivity index (χ1v) is 12.6. The summed E-state index contributed by atoms with van der Waals surface area (Å²) in [6, 6.07) is 20.0. The van der Waals surface area contributed by atoms with E-state index < -0.39 is 6.10 Å². The molecule has 0 bridgehead atoms. The highest BCUT2D eigenvalue weighted by molar-refractivity contribution is 5.83. The first kappa shape index (κ1) is 25.6. The molecule has 0 spiro atoms. The molecular formula is C28H35N5O3. The molecule has 8 nitrogen and oxygen atoms in total. The summed E-state index contributed by atoms with van der Waals surface area (Å²) in [5.41, 5.74) is 8.35. The first-order valence-electron chi connectivity index (χ1n) is 12.6. The fourth-order valence-electron chi connectivity index (χ4n) is 4.34. The Morgan fingerprint density at radius 3 is 2.36 bits per heavy atom. The van der Waals surface area contributed by atoms with Crippen LogP contribution in [0.4, 0.5) is 11.8 Å². The van der Waals surface area contributed by atoms with Crippen LogP contribution in [0.5, 0.6) is 11.6 Å². The normalized spacial score (nSPS) is 15.0. The van der Waals surface area contributed by atoms with Crippen LogP contribution in [-0.2, 0) is 22.5 Å². The van der Waals surface area contributed by atoms with Gasteiger partial charge in [-0.1, -0.05) is 49.4 Å². The molecule has 0 radical (unpaired) electrons. The third-order valence-corrected chi connectivity index (χ3v) is 6.29. The number of nitrogen functional groups attached to an aromatic ring is 1. The third-order valence-electron chi connectivity index (χ3n) is 6.29. The molecule has 1 aliphatic rings. The maximum absolute atomic E-state index is 12.1. The van der Waals surface area contributed by atoms with Gasteiger partial charge in [0.25, 0.3) is 0 Å². The lowest BCUT2D eigenvalue weighted by atomic mass is 10.0. The van der Waals surface area contributed by atoms with Crippen LogP contribution in [0, 0.1) is 0 Å². The van der Waals surface area contributed by atoms with Crippen LogP contribution in [-0.4, -0.2) is 59.5 Å². The fraction of sp³-hybridized carbons (Fsp3) is 0.393. The summed E-state index contributed by atoms with van der Waals surface area (Å²) < 4.78 is 11.6. The van der Waals surface area contributed by atoms with Gasteiger partial charge in [-0.25, -0.2) is 0 Å². The number of benzene rings is 2. The van der Waals surface area contributed by atoms with Crippen molar-refractivity contribution in [2.24, 2.45) is 0 Å². The van der Waals surface area contributed by atoms with E-state index in [2.05, 4.69) is 44.0 Å². The number of carbonyl (C=O) groups excluding carboxylic acids is 1. The van der Waals surface area contributed by atoms with Gasteiger partial charge in [0.1, 0.15) is 17.7 Å². The first-order chi connectivity index (χ1) is 17.5. The van der Waals surface area contributed by atoms with E-state index in [0.29, 0.717) is 31.1 Å². The van der Waals surface area contributed by atoms with Gasteiger partial charge < -0.3 is 20.1 Å². The minimum Gasteiger partial charge on any atom is -0.439 e. The number of carbonyl (C=O) groups is 1. The standard InChI is InChI=1S/C28H35N5O3/c1-3-24(34)25(35-4-2)18-21-10-12-23(13-11-21)36-27-19-26(30-28(29)31-27)33-16-14-32(15-17-33)20-22-8-6-5-7-9-22/h5-13,19,25H,3-4,14-18,20H2,1-2H3,(H2,29,30,31). The molecular weight excluding hydrogens is 454 g/mol. The van der Waals surface area contributed by atoms with Crippen molar-refractivity contribution in [2.45, 2.75) is 39.3 Å². The zero-order valence-corrected chi connectivity index (χ0v) is 21.1. The molecule has 1 atom stereocenters. The lowest BCUT2D eigenvalue weighted by molar-refractivity contribution is -0.129. The highest BCUT2D eigenvalue weighted by Crippen LogP contribution is 2.26. The van der Waals surface area contributed by atoms with E-state index in [1.807, 2.05) is 50.2 Å². The Morgan fingerprint density at radius 1 is 0.972 bits per heavy atom. The molecule has 1 unspecified atom stereocenters. The number of aromatic nitrogens is 2. The molecule has 0 saturated carbocycles. The smallest absolute Gasteiger partial charge is 0.226 e. The average molecular weight is 490 g/mol. The van der Waals surface area contributed by atoms with Crippen molar-refractivity contribution in [3.05, 3.63) is 71.8 Å². The Bertz CT molecular complexity index is 1120. The molecule has 0 aliphatic carbocycles. The van der Waals surface area contributed by atoms with Crippen molar-refractivity contribution in [3.63, 3.8) is 0 Å². The van der Waals surface area contributed by atoms with Crippen molar-refractivity contribution in [3.8, 4) is 11.6 Å². The van der Waals surface area contributed by atoms with Crippen molar-refractivity contribution >= 4 is 17.5 Å².